The van der Waals surface area contributed by atoms with Crippen molar-refractivity contribution in [3.8, 4) is 11.5 Å². The van der Waals surface area contributed by atoms with E-state index in [1.54, 1.807) is 6.20 Å². The topological polar surface area (TPSA) is 27.1 Å². The number of nitrogens with zero attached hydrogens (tertiary/aromatic N) is 2. The zero-order chi connectivity index (χ0) is 13.1. The largest absolute Gasteiger partial charge is 0.454 e. The van der Waals surface area contributed by atoms with E-state index in [1.807, 2.05) is 23.9 Å². The molecule has 1 aromatic carbocycles. The molecule has 4 heteroatoms. The van der Waals surface area contributed by atoms with Crippen molar-refractivity contribution in [2.75, 3.05) is 0 Å². The van der Waals surface area contributed by atoms with Crippen LogP contribution in [0, 0.1) is 6.92 Å². The number of rotatable bonds is 4. The first-order chi connectivity index (χ1) is 8.60. The van der Waals surface area contributed by atoms with E-state index < -0.39 is 0 Å². The normalized spacial score (nSPS) is 10.9. The summed E-state index contributed by atoms with van der Waals surface area (Å²) >= 11 is 3.45. The van der Waals surface area contributed by atoms with E-state index >= 15 is 0 Å². The van der Waals surface area contributed by atoms with Crippen LogP contribution in [0.3, 0.4) is 0 Å². The molecule has 0 aliphatic rings. The van der Waals surface area contributed by atoms with Crippen LogP contribution >= 0.6 is 15.9 Å². The Kier molecular flexibility index (Phi) is 4.07. The maximum atomic E-state index is 5.84. The monoisotopic (exact) mass is 308 g/mol. The molecule has 0 aliphatic carbocycles. The van der Waals surface area contributed by atoms with Gasteiger partial charge in [0.2, 0.25) is 0 Å². The molecule has 18 heavy (non-hydrogen) atoms. The van der Waals surface area contributed by atoms with E-state index in [0.717, 1.165) is 22.4 Å². The van der Waals surface area contributed by atoms with Crippen LogP contribution in [0.1, 0.15) is 31.0 Å². The van der Waals surface area contributed by atoms with Gasteiger partial charge in [0.1, 0.15) is 5.75 Å². The molecular formula is C14H17BrN2O. The Labute approximate surface area is 116 Å². The molecule has 0 saturated heterocycles. The lowest BCUT2D eigenvalue weighted by Crippen LogP contribution is -1.99. The zero-order valence-corrected chi connectivity index (χ0v) is 12.4. The van der Waals surface area contributed by atoms with Crippen molar-refractivity contribution in [1.29, 1.82) is 0 Å². The molecule has 0 bridgehead atoms. The van der Waals surface area contributed by atoms with Gasteiger partial charge >= 0.3 is 0 Å². The maximum absolute atomic E-state index is 5.84. The number of hydrogen-bond donors (Lipinski definition) is 0. The summed E-state index contributed by atoms with van der Waals surface area (Å²) < 4.78 is 7.73. The smallest absolute Gasteiger partial charge is 0.165 e. The summed E-state index contributed by atoms with van der Waals surface area (Å²) in [6.07, 6.45) is 3.67. The first kappa shape index (κ1) is 13.1. The molecule has 0 unspecified atom stereocenters. The van der Waals surface area contributed by atoms with Crippen molar-refractivity contribution in [2.45, 2.75) is 32.1 Å². The number of benzene rings is 1. The Morgan fingerprint density at radius 1 is 1.39 bits per heavy atom. The average molecular weight is 309 g/mol. The molecule has 0 amide bonds. The molecule has 3 nitrogen and oxygen atoms in total. The minimum atomic E-state index is 0.347. The van der Waals surface area contributed by atoms with E-state index in [4.69, 9.17) is 4.74 Å². The van der Waals surface area contributed by atoms with Crippen molar-refractivity contribution in [1.82, 2.24) is 9.78 Å². The summed E-state index contributed by atoms with van der Waals surface area (Å²) in [5, 5.41) is 5.12. The summed E-state index contributed by atoms with van der Waals surface area (Å²) in [5.41, 5.74) is 2.38. The van der Waals surface area contributed by atoms with Crippen LogP contribution in [0.15, 0.2) is 30.6 Å². The summed E-state index contributed by atoms with van der Waals surface area (Å²) in [5.74, 6) is 1.65. The molecule has 0 spiro atoms. The number of aryl methyl sites for hydroxylation is 1. The Balaban J connectivity index is 2.17. The fourth-order valence-electron chi connectivity index (χ4n) is 1.69. The lowest BCUT2D eigenvalue weighted by molar-refractivity contribution is 0.473. The highest BCUT2D eigenvalue weighted by Gasteiger charge is 2.06. The van der Waals surface area contributed by atoms with Crippen molar-refractivity contribution in [3.05, 3.63) is 41.7 Å². The van der Waals surface area contributed by atoms with E-state index in [2.05, 4.69) is 47.0 Å². The Morgan fingerprint density at radius 2 is 2.17 bits per heavy atom. The lowest BCUT2D eigenvalue weighted by atomic mass is 10.1. The molecule has 0 radical (unpaired) electrons. The standard InChI is InChI=1S/C14H17BrN2O/c1-10(2)17-9-13(8-16-17)18-14-5-4-12(7-15)6-11(14)3/h4-6,8-10H,7H2,1-3H3. The second-order valence-corrected chi connectivity index (χ2v) is 5.15. The van der Waals surface area contributed by atoms with Crippen LogP contribution in [0.4, 0.5) is 0 Å². The predicted molar refractivity (Wildman–Crippen MR) is 76.5 cm³/mol. The van der Waals surface area contributed by atoms with Gasteiger partial charge in [-0.15, -0.1) is 0 Å². The number of halogens is 1. The molecule has 2 aromatic rings. The molecular weight excluding hydrogens is 292 g/mol. The third-order valence-electron chi connectivity index (χ3n) is 2.73. The number of alkyl halides is 1. The molecule has 1 heterocycles. The van der Waals surface area contributed by atoms with Gasteiger partial charge in [-0.3, -0.25) is 4.68 Å². The van der Waals surface area contributed by atoms with Crippen LogP contribution < -0.4 is 4.74 Å². The van der Waals surface area contributed by atoms with Gasteiger partial charge < -0.3 is 4.74 Å². The lowest BCUT2D eigenvalue weighted by Gasteiger charge is -2.08. The maximum Gasteiger partial charge on any atom is 0.165 e. The average Bonchev–Trinajstić information content (AvgIpc) is 2.80. The van der Waals surface area contributed by atoms with Gasteiger partial charge in [-0.25, -0.2) is 0 Å². The van der Waals surface area contributed by atoms with Crippen molar-refractivity contribution in [3.63, 3.8) is 0 Å². The fraction of sp³-hybridized carbons (Fsp3) is 0.357. The Hall–Kier alpha value is -1.29. The zero-order valence-electron chi connectivity index (χ0n) is 10.9. The Morgan fingerprint density at radius 3 is 2.72 bits per heavy atom. The summed E-state index contributed by atoms with van der Waals surface area (Å²) in [6.45, 7) is 6.23. The van der Waals surface area contributed by atoms with Crippen LogP contribution in [0.5, 0.6) is 11.5 Å². The SMILES string of the molecule is Cc1cc(CBr)ccc1Oc1cnn(C(C)C)c1. The molecule has 0 aliphatic heterocycles. The summed E-state index contributed by atoms with van der Waals surface area (Å²) in [7, 11) is 0. The fourth-order valence-corrected chi connectivity index (χ4v) is 2.04. The third kappa shape index (κ3) is 2.93. The van der Waals surface area contributed by atoms with Gasteiger partial charge in [-0.2, -0.15) is 5.10 Å². The molecule has 96 valence electrons. The highest BCUT2D eigenvalue weighted by atomic mass is 79.9. The van der Waals surface area contributed by atoms with E-state index in [0.29, 0.717) is 6.04 Å². The summed E-state index contributed by atoms with van der Waals surface area (Å²) in [6, 6.07) is 6.53. The molecule has 1 aromatic heterocycles. The van der Waals surface area contributed by atoms with Crippen molar-refractivity contribution >= 4 is 15.9 Å². The molecule has 2 rings (SSSR count). The van der Waals surface area contributed by atoms with E-state index in [9.17, 15) is 0 Å². The number of hydrogen-bond acceptors (Lipinski definition) is 2. The van der Waals surface area contributed by atoms with Gasteiger partial charge in [0.05, 0.1) is 12.4 Å². The predicted octanol–water partition coefficient (Wildman–Crippen LogP) is 4.46. The van der Waals surface area contributed by atoms with Gasteiger partial charge in [0.15, 0.2) is 5.75 Å². The van der Waals surface area contributed by atoms with Gasteiger partial charge in [-0.05, 0) is 38.0 Å². The molecule has 0 N–H and O–H groups in total. The van der Waals surface area contributed by atoms with E-state index in [1.165, 1.54) is 5.56 Å². The van der Waals surface area contributed by atoms with Gasteiger partial charge in [0, 0.05) is 11.4 Å². The van der Waals surface area contributed by atoms with Gasteiger partial charge in [-0.1, -0.05) is 28.1 Å². The van der Waals surface area contributed by atoms with Crippen LogP contribution in [-0.2, 0) is 5.33 Å². The number of ether oxygens (including phenoxy) is 1. The van der Waals surface area contributed by atoms with Crippen LogP contribution in [0.25, 0.3) is 0 Å². The molecule has 0 atom stereocenters. The first-order valence-corrected chi connectivity index (χ1v) is 7.10. The highest BCUT2D eigenvalue weighted by molar-refractivity contribution is 9.08. The molecule has 0 saturated carbocycles. The summed E-state index contributed by atoms with van der Waals surface area (Å²) in [4.78, 5) is 0. The van der Waals surface area contributed by atoms with Crippen LogP contribution in [0.2, 0.25) is 0 Å². The van der Waals surface area contributed by atoms with Gasteiger partial charge in [0.25, 0.3) is 0 Å². The second-order valence-electron chi connectivity index (χ2n) is 4.59. The number of aromatic nitrogens is 2. The van der Waals surface area contributed by atoms with Crippen molar-refractivity contribution < 1.29 is 4.74 Å². The van der Waals surface area contributed by atoms with Crippen LogP contribution in [-0.4, -0.2) is 9.78 Å². The third-order valence-corrected chi connectivity index (χ3v) is 3.38. The second kappa shape index (κ2) is 5.57. The van der Waals surface area contributed by atoms with Crippen molar-refractivity contribution in [2.24, 2.45) is 0 Å². The highest BCUT2D eigenvalue weighted by Crippen LogP contribution is 2.26. The van der Waals surface area contributed by atoms with E-state index in [-0.39, 0.29) is 0 Å². The minimum absolute atomic E-state index is 0.347. The molecule has 0 fully saturated rings. The Bertz CT molecular complexity index is 534. The first-order valence-electron chi connectivity index (χ1n) is 5.97. The minimum Gasteiger partial charge on any atom is -0.454 e. The quantitative estimate of drug-likeness (QED) is 0.780.